The first-order chi connectivity index (χ1) is 6.40. The number of hydrogen-bond donors (Lipinski definition) is 2. The first-order valence-electron chi connectivity index (χ1n) is 4.42. The number of nitrogens with two attached hydrogens (primary N) is 1. The largest absolute Gasteiger partial charge is 0.308 e. The molecule has 5 heteroatoms. The second-order valence-electron chi connectivity index (χ2n) is 4.00. The van der Waals surface area contributed by atoms with Crippen molar-refractivity contribution in [3.63, 3.8) is 0 Å². The third-order valence-corrected chi connectivity index (χ3v) is 2.40. The van der Waals surface area contributed by atoms with E-state index in [2.05, 4.69) is 36.2 Å². The topological polar surface area (TPSA) is 63.8 Å². The van der Waals surface area contributed by atoms with Crippen molar-refractivity contribution in [1.29, 1.82) is 0 Å². The molecule has 0 spiro atoms. The van der Waals surface area contributed by atoms with Crippen LogP contribution < -0.4 is 11.3 Å². The van der Waals surface area contributed by atoms with Gasteiger partial charge in [0, 0.05) is 10.8 Å². The van der Waals surface area contributed by atoms with Crippen LogP contribution in [0.3, 0.4) is 0 Å². The zero-order valence-electron chi connectivity index (χ0n) is 8.96. The number of thioether (sulfide) groups is 1. The first-order valence-corrected chi connectivity index (χ1v) is 5.24. The average molecular weight is 212 g/mol. The number of nitrogens with one attached hydrogen (secondary N) is 1. The molecule has 0 atom stereocenters. The molecule has 0 aliphatic carbocycles. The van der Waals surface area contributed by atoms with Gasteiger partial charge in [-0.3, -0.25) is 0 Å². The van der Waals surface area contributed by atoms with Gasteiger partial charge in [-0.1, -0.05) is 20.8 Å². The smallest absolute Gasteiger partial charge is 0.144 e. The molecule has 0 radical (unpaired) electrons. The standard InChI is InChI=1S/C9H16N4S/c1-6-11-7(13-10)5-8(12-6)14-9(2,3)4/h5H,10H2,1-4H3,(H,11,12,13). The quantitative estimate of drug-likeness (QED) is 0.339. The van der Waals surface area contributed by atoms with E-state index in [0.717, 1.165) is 10.9 Å². The molecule has 1 rings (SSSR count). The van der Waals surface area contributed by atoms with Gasteiger partial charge in [0.25, 0.3) is 0 Å². The molecule has 0 unspecified atom stereocenters. The third-order valence-electron chi connectivity index (χ3n) is 1.37. The van der Waals surface area contributed by atoms with E-state index in [4.69, 9.17) is 5.84 Å². The Balaban J connectivity index is 2.92. The van der Waals surface area contributed by atoms with E-state index in [1.165, 1.54) is 0 Å². The monoisotopic (exact) mass is 212 g/mol. The number of hydrogen-bond acceptors (Lipinski definition) is 5. The van der Waals surface area contributed by atoms with Crippen LogP contribution in [-0.2, 0) is 0 Å². The SMILES string of the molecule is Cc1nc(NN)cc(SC(C)(C)C)n1. The van der Waals surface area contributed by atoms with Crippen molar-refractivity contribution in [2.24, 2.45) is 5.84 Å². The second kappa shape index (κ2) is 4.14. The van der Waals surface area contributed by atoms with Crippen molar-refractivity contribution < 1.29 is 0 Å². The Morgan fingerprint density at radius 1 is 1.36 bits per heavy atom. The summed E-state index contributed by atoms with van der Waals surface area (Å²) in [6, 6.07) is 1.85. The van der Waals surface area contributed by atoms with E-state index < -0.39 is 0 Å². The molecule has 78 valence electrons. The fraction of sp³-hybridized carbons (Fsp3) is 0.556. The maximum atomic E-state index is 5.30. The van der Waals surface area contributed by atoms with Crippen LogP contribution in [0.2, 0.25) is 0 Å². The molecule has 0 aliphatic heterocycles. The molecule has 4 nitrogen and oxygen atoms in total. The Morgan fingerprint density at radius 3 is 2.50 bits per heavy atom. The number of hydrazine groups is 1. The minimum absolute atomic E-state index is 0.145. The molecule has 3 N–H and O–H groups in total. The molecule has 0 bridgehead atoms. The van der Waals surface area contributed by atoms with Crippen LogP contribution in [0.5, 0.6) is 0 Å². The molecule has 0 aromatic carbocycles. The number of anilines is 1. The summed E-state index contributed by atoms with van der Waals surface area (Å²) in [5, 5.41) is 0.943. The molecular formula is C9H16N4S. The molecule has 0 saturated carbocycles. The van der Waals surface area contributed by atoms with Gasteiger partial charge >= 0.3 is 0 Å². The van der Waals surface area contributed by atoms with Crippen LogP contribution >= 0.6 is 11.8 Å². The van der Waals surface area contributed by atoms with Gasteiger partial charge in [0.15, 0.2) is 0 Å². The summed E-state index contributed by atoms with van der Waals surface area (Å²) in [7, 11) is 0. The Bertz CT molecular complexity index is 319. The van der Waals surface area contributed by atoms with E-state index >= 15 is 0 Å². The molecular weight excluding hydrogens is 196 g/mol. The van der Waals surface area contributed by atoms with Crippen LogP contribution in [-0.4, -0.2) is 14.7 Å². The van der Waals surface area contributed by atoms with Gasteiger partial charge in [-0.25, -0.2) is 15.8 Å². The van der Waals surface area contributed by atoms with E-state index in [1.54, 1.807) is 11.8 Å². The maximum absolute atomic E-state index is 5.30. The predicted octanol–water partition coefficient (Wildman–Crippen LogP) is 1.96. The van der Waals surface area contributed by atoms with Gasteiger partial charge in [-0.15, -0.1) is 11.8 Å². The highest BCUT2D eigenvalue weighted by molar-refractivity contribution is 8.00. The van der Waals surface area contributed by atoms with Gasteiger partial charge in [-0.05, 0) is 6.92 Å². The molecule has 0 saturated heterocycles. The van der Waals surface area contributed by atoms with Gasteiger partial charge in [-0.2, -0.15) is 0 Å². The number of nitrogen functional groups attached to an aromatic ring is 1. The zero-order chi connectivity index (χ0) is 10.8. The third kappa shape index (κ3) is 3.51. The normalized spacial score (nSPS) is 11.5. The lowest BCUT2D eigenvalue weighted by Gasteiger charge is -2.17. The molecule has 1 aromatic rings. The lowest BCUT2D eigenvalue weighted by Crippen LogP contribution is -2.11. The number of aromatic nitrogens is 2. The highest BCUT2D eigenvalue weighted by Gasteiger charge is 2.14. The minimum atomic E-state index is 0.145. The Kier molecular flexibility index (Phi) is 3.34. The molecule has 0 fully saturated rings. The molecule has 1 aromatic heterocycles. The summed E-state index contributed by atoms with van der Waals surface area (Å²) in [5.74, 6) is 6.69. The summed E-state index contributed by atoms with van der Waals surface area (Å²) in [6.07, 6.45) is 0. The van der Waals surface area contributed by atoms with Crippen LogP contribution in [0.4, 0.5) is 5.82 Å². The van der Waals surface area contributed by atoms with Crippen LogP contribution in [0.15, 0.2) is 11.1 Å². The van der Waals surface area contributed by atoms with Crippen LogP contribution in [0.1, 0.15) is 26.6 Å². The summed E-state index contributed by atoms with van der Waals surface area (Å²) < 4.78 is 0.145. The van der Waals surface area contributed by atoms with Crippen molar-refractivity contribution >= 4 is 17.6 Å². The maximum Gasteiger partial charge on any atom is 0.144 e. The molecule has 0 amide bonds. The Morgan fingerprint density at radius 2 is 2.00 bits per heavy atom. The lowest BCUT2D eigenvalue weighted by atomic mass is 10.3. The van der Waals surface area contributed by atoms with Crippen molar-refractivity contribution in [2.45, 2.75) is 37.5 Å². The summed E-state index contributed by atoms with van der Waals surface area (Å²) >= 11 is 1.70. The summed E-state index contributed by atoms with van der Waals surface area (Å²) in [6.45, 7) is 8.29. The summed E-state index contributed by atoms with van der Waals surface area (Å²) in [4.78, 5) is 8.45. The van der Waals surface area contributed by atoms with Crippen molar-refractivity contribution in [3.8, 4) is 0 Å². The lowest BCUT2D eigenvalue weighted by molar-refractivity contribution is 0.797. The fourth-order valence-electron chi connectivity index (χ4n) is 0.980. The molecule has 1 heterocycles. The fourth-order valence-corrected chi connectivity index (χ4v) is 1.96. The average Bonchev–Trinajstić information content (AvgIpc) is 1.99. The zero-order valence-corrected chi connectivity index (χ0v) is 9.77. The minimum Gasteiger partial charge on any atom is -0.308 e. The van der Waals surface area contributed by atoms with Crippen LogP contribution in [0.25, 0.3) is 0 Å². The summed E-state index contributed by atoms with van der Waals surface area (Å²) in [5.41, 5.74) is 2.53. The second-order valence-corrected chi connectivity index (χ2v) is 5.84. The van der Waals surface area contributed by atoms with Gasteiger partial charge in [0.1, 0.15) is 16.7 Å². The van der Waals surface area contributed by atoms with Crippen molar-refractivity contribution in [1.82, 2.24) is 9.97 Å². The number of aryl methyl sites for hydroxylation is 1. The van der Waals surface area contributed by atoms with Crippen molar-refractivity contribution in [3.05, 3.63) is 11.9 Å². The van der Waals surface area contributed by atoms with Crippen molar-refractivity contribution in [2.75, 3.05) is 5.43 Å². The number of rotatable bonds is 2. The van der Waals surface area contributed by atoms with Gasteiger partial charge in [0.05, 0.1) is 0 Å². The van der Waals surface area contributed by atoms with Gasteiger partial charge < -0.3 is 5.43 Å². The van der Waals surface area contributed by atoms with Gasteiger partial charge in [0.2, 0.25) is 0 Å². The van der Waals surface area contributed by atoms with E-state index in [0.29, 0.717) is 5.82 Å². The molecule has 0 aliphatic rings. The first kappa shape index (κ1) is 11.3. The predicted molar refractivity (Wildman–Crippen MR) is 60.2 cm³/mol. The highest BCUT2D eigenvalue weighted by Crippen LogP contribution is 2.31. The van der Waals surface area contributed by atoms with E-state index in [-0.39, 0.29) is 4.75 Å². The van der Waals surface area contributed by atoms with Crippen LogP contribution in [0, 0.1) is 6.92 Å². The van der Waals surface area contributed by atoms with E-state index in [1.807, 2.05) is 13.0 Å². The van der Waals surface area contributed by atoms with E-state index in [9.17, 15) is 0 Å². The highest BCUT2D eigenvalue weighted by atomic mass is 32.2. The number of nitrogens with zero attached hydrogens (tertiary/aromatic N) is 2. The Labute approximate surface area is 88.7 Å². The Hall–Kier alpha value is -0.810. The molecule has 14 heavy (non-hydrogen) atoms.